The Bertz CT molecular complexity index is 1220. The fraction of sp³-hybridized carbons (Fsp3) is 0.100. The number of halogens is 3. The van der Waals surface area contributed by atoms with Gasteiger partial charge >= 0.3 is 0 Å². The second-order valence-corrected chi connectivity index (χ2v) is 6.40. The molecular formula is C20H15F3N6O2. The first-order valence-electron chi connectivity index (χ1n) is 9.03. The Morgan fingerprint density at radius 1 is 1.00 bits per heavy atom. The number of hydrogen-bond donors (Lipinski definition) is 1. The van der Waals surface area contributed by atoms with Crippen molar-refractivity contribution in [1.29, 1.82) is 0 Å². The summed E-state index contributed by atoms with van der Waals surface area (Å²) in [5, 5.41) is 10.6. The molecule has 31 heavy (non-hydrogen) atoms. The van der Waals surface area contributed by atoms with Crippen LogP contribution in [0.2, 0.25) is 0 Å². The Morgan fingerprint density at radius 3 is 2.65 bits per heavy atom. The molecule has 1 N–H and O–H groups in total. The first-order chi connectivity index (χ1) is 15.0. The van der Waals surface area contributed by atoms with Gasteiger partial charge in [0.15, 0.2) is 24.0 Å². The van der Waals surface area contributed by atoms with E-state index in [0.717, 1.165) is 12.1 Å². The number of anilines is 1. The van der Waals surface area contributed by atoms with Crippen molar-refractivity contribution in [3.8, 4) is 5.75 Å². The van der Waals surface area contributed by atoms with E-state index in [1.807, 2.05) is 0 Å². The van der Waals surface area contributed by atoms with Crippen LogP contribution >= 0.6 is 0 Å². The number of hydrogen-bond acceptors (Lipinski definition) is 5. The van der Waals surface area contributed by atoms with Gasteiger partial charge < -0.3 is 4.74 Å². The van der Waals surface area contributed by atoms with Gasteiger partial charge in [-0.15, -0.1) is 5.10 Å². The number of ether oxygens (including phenoxy) is 1. The lowest BCUT2D eigenvalue weighted by Gasteiger charge is -2.07. The highest BCUT2D eigenvalue weighted by Crippen LogP contribution is 2.18. The van der Waals surface area contributed by atoms with Gasteiger partial charge in [0, 0.05) is 17.8 Å². The highest BCUT2D eigenvalue weighted by molar-refractivity contribution is 6.01. The highest BCUT2D eigenvalue weighted by Gasteiger charge is 2.13. The minimum absolute atomic E-state index is 0.0283. The summed E-state index contributed by atoms with van der Waals surface area (Å²) in [5.74, 6) is -2.62. The average molecular weight is 428 g/mol. The molecule has 2 aromatic carbocycles. The lowest BCUT2D eigenvalue weighted by molar-refractivity contribution is 0.101. The van der Waals surface area contributed by atoms with Crippen LogP contribution in [0.1, 0.15) is 16.1 Å². The Morgan fingerprint density at radius 2 is 1.84 bits per heavy atom. The van der Waals surface area contributed by atoms with Crippen LogP contribution < -0.4 is 10.1 Å². The monoisotopic (exact) mass is 428 g/mol. The number of carbonyl (C=O) groups excluding carboxylic acids is 1. The quantitative estimate of drug-likeness (QED) is 0.489. The van der Waals surface area contributed by atoms with Gasteiger partial charge in [0.25, 0.3) is 5.91 Å². The Balaban J connectivity index is 1.35. The van der Waals surface area contributed by atoms with Gasteiger partial charge in [0.05, 0.1) is 6.54 Å². The summed E-state index contributed by atoms with van der Waals surface area (Å²) in [6.45, 7) is -0.0349. The zero-order chi connectivity index (χ0) is 21.8. The van der Waals surface area contributed by atoms with E-state index in [4.69, 9.17) is 4.74 Å². The van der Waals surface area contributed by atoms with Gasteiger partial charge in [-0.05, 0) is 24.3 Å². The highest BCUT2D eigenvalue weighted by atomic mass is 19.1. The molecule has 1 amide bonds. The van der Waals surface area contributed by atoms with Crippen LogP contribution in [-0.2, 0) is 13.3 Å². The summed E-state index contributed by atoms with van der Waals surface area (Å²) >= 11 is 0. The van der Waals surface area contributed by atoms with E-state index in [9.17, 15) is 18.0 Å². The molecule has 0 spiro atoms. The third-order valence-corrected chi connectivity index (χ3v) is 4.17. The smallest absolute Gasteiger partial charge is 0.278 e. The van der Waals surface area contributed by atoms with E-state index in [-0.39, 0.29) is 36.5 Å². The van der Waals surface area contributed by atoms with Gasteiger partial charge in [-0.3, -0.25) is 10.1 Å². The van der Waals surface area contributed by atoms with E-state index >= 15 is 0 Å². The van der Waals surface area contributed by atoms with Crippen LogP contribution in [-0.4, -0.2) is 30.5 Å². The summed E-state index contributed by atoms with van der Waals surface area (Å²) in [4.78, 5) is 16.3. The summed E-state index contributed by atoms with van der Waals surface area (Å²) in [6, 6.07) is 10.6. The number of aromatic nitrogens is 5. The van der Waals surface area contributed by atoms with Crippen molar-refractivity contribution in [2.75, 3.05) is 5.32 Å². The number of amides is 1. The summed E-state index contributed by atoms with van der Waals surface area (Å²) in [7, 11) is 0. The molecule has 0 unspecified atom stereocenters. The van der Waals surface area contributed by atoms with Crippen molar-refractivity contribution in [3.05, 3.63) is 89.8 Å². The molecule has 158 valence electrons. The summed E-state index contributed by atoms with van der Waals surface area (Å²) in [5.41, 5.74) is 0.482. The molecule has 2 aromatic heterocycles. The first-order valence-corrected chi connectivity index (χ1v) is 9.03. The van der Waals surface area contributed by atoms with Crippen molar-refractivity contribution in [1.82, 2.24) is 24.5 Å². The molecule has 11 heteroatoms. The minimum Gasteiger partial charge on any atom is -0.468 e. The lowest BCUT2D eigenvalue weighted by atomic mass is 10.2. The fourth-order valence-electron chi connectivity index (χ4n) is 2.68. The Labute approximate surface area is 173 Å². The Kier molecular flexibility index (Phi) is 5.65. The molecule has 0 aliphatic carbocycles. The average Bonchev–Trinajstić information content (AvgIpc) is 3.39. The van der Waals surface area contributed by atoms with Crippen molar-refractivity contribution in [3.63, 3.8) is 0 Å². The number of benzene rings is 2. The number of carbonyl (C=O) groups is 1. The van der Waals surface area contributed by atoms with Crippen molar-refractivity contribution < 1.29 is 22.7 Å². The second-order valence-electron chi connectivity index (χ2n) is 6.40. The molecule has 0 saturated heterocycles. The van der Waals surface area contributed by atoms with Gasteiger partial charge in [-0.25, -0.2) is 27.5 Å². The molecule has 4 aromatic rings. The zero-order valence-corrected chi connectivity index (χ0v) is 15.9. The van der Waals surface area contributed by atoms with Crippen molar-refractivity contribution >= 4 is 11.9 Å². The molecule has 0 saturated carbocycles. The normalized spacial score (nSPS) is 10.8. The van der Waals surface area contributed by atoms with Crippen LogP contribution in [0.25, 0.3) is 0 Å². The van der Waals surface area contributed by atoms with E-state index in [1.54, 1.807) is 18.2 Å². The van der Waals surface area contributed by atoms with Gasteiger partial charge in [0.2, 0.25) is 5.95 Å². The topological polar surface area (TPSA) is 86.9 Å². The van der Waals surface area contributed by atoms with Crippen LogP contribution in [0.5, 0.6) is 5.75 Å². The van der Waals surface area contributed by atoms with Crippen molar-refractivity contribution in [2.24, 2.45) is 0 Å². The predicted octanol–water partition coefficient (Wildman–Crippen LogP) is 3.23. The Hall–Kier alpha value is -4.15. The minimum atomic E-state index is -0.845. The SMILES string of the molecule is O=C(Nc1ncn(Cc2ccccc2F)n1)c1ccn(COc2ccc(F)cc2F)n1. The maximum absolute atomic E-state index is 13.7. The lowest BCUT2D eigenvalue weighted by Crippen LogP contribution is -2.15. The molecule has 4 rings (SSSR count). The molecule has 2 heterocycles. The van der Waals surface area contributed by atoms with Crippen molar-refractivity contribution in [2.45, 2.75) is 13.3 Å². The number of nitrogens with zero attached hydrogens (tertiary/aromatic N) is 5. The van der Waals surface area contributed by atoms with Crippen LogP contribution in [0, 0.1) is 17.5 Å². The molecule has 0 radical (unpaired) electrons. The molecule has 0 aliphatic heterocycles. The van der Waals surface area contributed by atoms with Crippen LogP contribution in [0.4, 0.5) is 19.1 Å². The van der Waals surface area contributed by atoms with E-state index < -0.39 is 17.5 Å². The zero-order valence-electron chi connectivity index (χ0n) is 15.9. The molecule has 8 nitrogen and oxygen atoms in total. The fourth-order valence-corrected chi connectivity index (χ4v) is 2.68. The van der Waals surface area contributed by atoms with Gasteiger partial charge in [-0.2, -0.15) is 5.10 Å². The van der Waals surface area contributed by atoms with Gasteiger partial charge in [0.1, 0.15) is 18.0 Å². The standard InChI is InChI=1S/C20H15F3N6O2/c21-14-5-6-18(16(23)9-14)31-12-28-8-7-17(26-28)19(30)25-20-24-11-29(27-20)10-13-3-1-2-4-15(13)22/h1-9,11H,10,12H2,(H,25,27,30). The van der Waals surface area contributed by atoms with E-state index in [0.29, 0.717) is 11.6 Å². The van der Waals surface area contributed by atoms with Crippen LogP contribution in [0.15, 0.2) is 61.1 Å². The van der Waals surface area contributed by atoms with E-state index in [1.165, 1.54) is 34.0 Å². The summed E-state index contributed by atoms with van der Waals surface area (Å²) in [6.07, 6.45) is 2.83. The molecule has 0 bridgehead atoms. The third kappa shape index (κ3) is 4.89. The first kappa shape index (κ1) is 20.1. The van der Waals surface area contributed by atoms with Crippen LogP contribution in [0.3, 0.4) is 0 Å². The van der Waals surface area contributed by atoms with E-state index in [2.05, 4.69) is 20.5 Å². The second kappa shape index (κ2) is 8.69. The third-order valence-electron chi connectivity index (χ3n) is 4.17. The molecule has 0 fully saturated rings. The maximum Gasteiger partial charge on any atom is 0.278 e. The maximum atomic E-state index is 13.7. The predicted molar refractivity (Wildman–Crippen MR) is 103 cm³/mol. The largest absolute Gasteiger partial charge is 0.468 e. The molecule has 0 aliphatic rings. The number of nitrogens with one attached hydrogen (secondary N) is 1. The van der Waals surface area contributed by atoms with Gasteiger partial charge in [-0.1, -0.05) is 18.2 Å². The summed E-state index contributed by atoms with van der Waals surface area (Å²) < 4.78 is 48.1. The molecular weight excluding hydrogens is 413 g/mol. The number of rotatable bonds is 7. The molecule has 0 atom stereocenters.